The average molecular weight is 433 g/mol. The number of fused-ring (bicyclic) bond motifs is 1. The number of aryl methyl sites for hydroxylation is 2. The van der Waals surface area contributed by atoms with Crippen molar-refractivity contribution in [2.45, 2.75) is 58.4 Å². The van der Waals surface area contributed by atoms with E-state index in [1.165, 1.54) is 62.7 Å². The van der Waals surface area contributed by atoms with Crippen molar-refractivity contribution in [2.24, 2.45) is 0 Å². The third-order valence-corrected chi connectivity index (χ3v) is 7.01. The molecule has 2 aromatic heterocycles. The van der Waals surface area contributed by atoms with Crippen LogP contribution in [0.25, 0.3) is 11.0 Å². The highest BCUT2D eigenvalue weighted by Gasteiger charge is 2.23. The van der Waals surface area contributed by atoms with E-state index in [2.05, 4.69) is 64.3 Å². The van der Waals surface area contributed by atoms with E-state index in [0.717, 1.165) is 48.1 Å². The van der Waals surface area contributed by atoms with Gasteiger partial charge in [-0.15, -0.1) is 0 Å². The maximum absolute atomic E-state index is 5.00. The van der Waals surface area contributed by atoms with Gasteiger partial charge in [0.25, 0.3) is 0 Å². The highest BCUT2D eigenvalue weighted by atomic mass is 15.3. The van der Waals surface area contributed by atoms with Crippen LogP contribution >= 0.6 is 0 Å². The molecule has 0 amide bonds. The first kappa shape index (κ1) is 21.3. The highest BCUT2D eigenvalue weighted by molar-refractivity contribution is 5.89. The molecule has 170 valence electrons. The minimum absolute atomic E-state index is 0.342. The highest BCUT2D eigenvalue weighted by Crippen LogP contribution is 2.29. The largest absolute Gasteiger partial charge is 0.367 e. The maximum atomic E-state index is 5.00. The van der Waals surface area contributed by atoms with E-state index >= 15 is 0 Å². The zero-order chi connectivity index (χ0) is 21.9. The lowest BCUT2D eigenvalue weighted by atomic mass is 10.0. The van der Waals surface area contributed by atoms with Gasteiger partial charge in [0, 0.05) is 25.3 Å². The van der Waals surface area contributed by atoms with E-state index in [1.807, 2.05) is 0 Å². The van der Waals surface area contributed by atoms with Gasteiger partial charge in [0.15, 0.2) is 0 Å². The number of benzene rings is 1. The van der Waals surface area contributed by atoms with Gasteiger partial charge < -0.3 is 15.2 Å². The Morgan fingerprint density at radius 2 is 1.59 bits per heavy atom. The van der Waals surface area contributed by atoms with Crippen molar-refractivity contribution in [2.75, 3.05) is 42.9 Å². The van der Waals surface area contributed by atoms with E-state index < -0.39 is 0 Å². The molecule has 3 aromatic rings. The Kier molecular flexibility index (Phi) is 6.30. The molecule has 2 saturated heterocycles. The summed E-state index contributed by atoms with van der Waals surface area (Å²) in [6, 6.07) is 11.6. The molecule has 0 saturated carbocycles. The molecule has 2 aliphatic heterocycles. The number of aromatic amines is 1. The summed E-state index contributed by atoms with van der Waals surface area (Å²) >= 11 is 0. The summed E-state index contributed by atoms with van der Waals surface area (Å²) in [5.41, 5.74) is 4.76. The van der Waals surface area contributed by atoms with Crippen molar-refractivity contribution in [3.63, 3.8) is 0 Å². The number of anilines is 2. The standard InChI is InChI=1S/C26H36N6/c1-19-9-11-21(12-10-19)23(31-13-5-3-4-6-14-31)18-27-24-22-17-20(2)28-25(22)30-26(29-24)32-15-7-8-16-32/h9-12,17,23H,3-8,13-16,18H2,1-2H3,(H2,27,28,29,30). The number of nitrogens with one attached hydrogen (secondary N) is 2. The number of nitrogens with zero attached hydrogens (tertiary/aromatic N) is 4. The van der Waals surface area contributed by atoms with Crippen molar-refractivity contribution in [1.82, 2.24) is 19.9 Å². The quantitative estimate of drug-likeness (QED) is 0.560. The zero-order valence-corrected chi connectivity index (χ0v) is 19.5. The topological polar surface area (TPSA) is 60.1 Å². The second kappa shape index (κ2) is 9.49. The van der Waals surface area contributed by atoms with Crippen LogP contribution in [0.4, 0.5) is 11.8 Å². The van der Waals surface area contributed by atoms with Crippen LogP contribution in [0.5, 0.6) is 0 Å². The van der Waals surface area contributed by atoms with E-state index in [1.54, 1.807) is 0 Å². The molecule has 1 unspecified atom stereocenters. The molecule has 32 heavy (non-hydrogen) atoms. The minimum atomic E-state index is 0.342. The number of aromatic nitrogens is 3. The lowest BCUT2D eigenvalue weighted by Gasteiger charge is -2.31. The Morgan fingerprint density at radius 1 is 0.906 bits per heavy atom. The van der Waals surface area contributed by atoms with Crippen molar-refractivity contribution < 1.29 is 0 Å². The fourth-order valence-corrected chi connectivity index (χ4v) is 5.17. The Bertz CT molecular complexity index is 1030. The maximum Gasteiger partial charge on any atom is 0.229 e. The summed E-state index contributed by atoms with van der Waals surface area (Å²) in [5.74, 6) is 1.80. The van der Waals surface area contributed by atoms with Crippen LogP contribution in [-0.2, 0) is 0 Å². The van der Waals surface area contributed by atoms with Crippen LogP contribution in [0.1, 0.15) is 61.4 Å². The van der Waals surface area contributed by atoms with E-state index in [9.17, 15) is 0 Å². The first-order chi connectivity index (χ1) is 15.7. The molecule has 0 aliphatic carbocycles. The van der Waals surface area contributed by atoms with Crippen LogP contribution < -0.4 is 10.2 Å². The van der Waals surface area contributed by atoms with Gasteiger partial charge in [-0.05, 0) is 64.3 Å². The molecule has 4 heterocycles. The number of hydrogen-bond donors (Lipinski definition) is 2. The summed E-state index contributed by atoms with van der Waals surface area (Å²) in [7, 11) is 0. The molecule has 1 atom stereocenters. The van der Waals surface area contributed by atoms with Crippen LogP contribution in [0.2, 0.25) is 0 Å². The molecule has 2 N–H and O–H groups in total. The van der Waals surface area contributed by atoms with Gasteiger partial charge in [-0.1, -0.05) is 42.7 Å². The van der Waals surface area contributed by atoms with Gasteiger partial charge in [-0.2, -0.15) is 9.97 Å². The smallest absolute Gasteiger partial charge is 0.229 e. The fourth-order valence-electron chi connectivity index (χ4n) is 5.17. The predicted octanol–water partition coefficient (Wildman–Crippen LogP) is 5.20. The van der Waals surface area contributed by atoms with Crippen LogP contribution in [-0.4, -0.2) is 52.6 Å². The summed E-state index contributed by atoms with van der Waals surface area (Å²) in [5, 5.41) is 4.84. The molecule has 1 aromatic carbocycles. The van der Waals surface area contributed by atoms with Crippen LogP contribution in [0.15, 0.2) is 30.3 Å². The Morgan fingerprint density at radius 3 is 2.31 bits per heavy atom. The van der Waals surface area contributed by atoms with Gasteiger partial charge in [0.2, 0.25) is 5.95 Å². The molecule has 0 radical (unpaired) electrons. The first-order valence-corrected chi connectivity index (χ1v) is 12.3. The summed E-state index contributed by atoms with van der Waals surface area (Å²) in [4.78, 5) is 18.3. The first-order valence-electron chi connectivity index (χ1n) is 12.3. The van der Waals surface area contributed by atoms with Gasteiger partial charge in [-0.3, -0.25) is 4.90 Å². The molecular weight excluding hydrogens is 396 g/mol. The molecule has 5 rings (SSSR count). The Hall–Kier alpha value is -2.60. The van der Waals surface area contributed by atoms with Gasteiger partial charge in [0.1, 0.15) is 11.5 Å². The molecule has 6 heteroatoms. The SMILES string of the molecule is Cc1ccc(C(CNc2nc(N3CCCC3)nc3[nH]c(C)cc23)N2CCCCCC2)cc1. The average Bonchev–Trinajstić information content (AvgIpc) is 3.38. The molecule has 2 fully saturated rings. The normalized spacial score (nSPS) is 18.8. The molecule has 0 spiro atoms. The van der Waals surface area contributed by atoms with Crippen LogP contribution in [0.3, 0.4) is 0 Å². The number of rotatable bonds is 6. The minimum Gasteiger partial charge on any atom is -0.367 e. The third kappa shape index (κ3) is 4.60. The monoisotopic (exact) mass is 432 g/mol. The lowest BCUT2D eigenvalue weighted by Crippen LogP contribution is -2.34. The number of hydrogen-bond acceptors (Lipinski definition) is 5. The van der Waals surface area contributed by atoms with Crippen molar-refractivity contribution in [1.29, 1.82) is 0 Å². The Labute approximate surface area is 191 Å². The third-order valence-electron chi connectivity index (χ3n) is 7.01. The second-order valence-corrected chi connectivity index (χ2v) is 9.54. The van der Waals surface area contributed by atoms with E-state index in [-0.39, 0.29) is 0 Å². The van der Waals surface area contributed by atoms with Crippen molar-refractivity contribution in [3.8, 4) is 0 Å². The van der Waals surface area contributed by atoms with Crippen molar-refractivity contribution >= 4 is 22.8 Å². The Balaban J connectivity index is 1.44. The van der Waals surface area contributed by atoms with Gasteiger partial charge in [-0.25, -0.2) is 0 Å². The summed E-state index contributed by atoms with van der Waals surface area (Å²) < 4.78 is 0. The van der Waals surface area contributed by atoms with E-state index in [0.29, 0.717) is 6.04 Å². The van der Waals surface area contributed by atoms with Gasteiger partial charge in [0.05, 0.1) is 11.4 Å². The molecular formula is C26H36N6. The zero-order valence-electron chi connectivity index (χ0n) is 19.5. The number of H-pyrrole nitrogens is 1. The van der Waals surface area contributed by atoms with E-state index in [4.69, 9.17) is 9.97 Å². The lowest BCUT2D eigenvalue weighted by molar-refractivity contribution is 0.213. The second-order valence-electron chi connectivity index (χ2n) is 9.54. The van der Waals surface area contributed by atoms with Gasteiger partial charge >= 0.3 is 0 Å². The van der Waals surface area contributed by atoms with Crippen molar-refractivity contribution in [3.05, 3.63) is 47.2 Å². The fraction of sp³-hybridized carbons (Fsp3) is 0.538. The van der Waals surface area contributed by atoms with Crippen LogP contribution in [0, 0.1) is 13.8 Å². The molecule has 2 aliphatic rings. The number of likely N-dealkylation sites (tertiary alicyclic amines) is 1. The molecule has 6 nitrogen and oxygen atoms in total. The predicted molar refractivity (Wildman–Crippen MR) is 133 cm³/mol. The molecule has 0 bridgehead atoms. The summed E-state index contributed by atoms with van der Waals surface area (Å²) in [6.07, 6.45) is 7.71. The summed E-state index contributed by atoms with van der Waals surface area (Å²) in [6.45, 7) is 9.53.